The molecule has 168 valence electrons. The van der Waals surface area contributed by atoms with Crippen LogP contribution in [-0.4, -0.2) is 38.4 Å². The number of hydrogen-bond donors (Lipinski definition) is 1. The molecule has 0 aliphatic carbocycles. The van der Waals surface area contributed by atoms with Crippen LogP contribution in [0.25, 0.3) is 21.3 Å². The largest absolute Gasteiger partial charge is 0.362 e. The van der Waals surface area contributed by atoms with Crippen LogP contribution in [0.3, 0.4) is 0 Å². The van der Waals surface area contributed by atoms with Gasteiger partial charge in [-0.3, -0.25) is 14.1 Å². The second-order valence-corrected chi connectivity index (χ2v) is 10.6. The average molecular weight is 500 g/mol. The van der Waals surface area contributed by atoms with E-state index in [2.05, 4.69) is 10.3 Å². The van der Waals surface area contributed by atoms with Crippen molar-refractivity contribution < 1.29 is 17.9 Å². The molecule has 0 atom stereocenters. The third-order valence-corrected chi connectivity index (χ3v) is 8.02. The minimum absolute atomic E-state index is 0.242. The molecule has 4 aromatic rings. The first-order chi connectivity index (χ1) is 15.9. The van der Waals surface area contributed by atoms with Crippen molar-refractivity contribution in [1.29, 1.82) is 0 Å². The molecule has 33 heavy (non-hydrogen) atoms. The maximum Gasteiger partial charge on any atom is 0.259 e. The van der Waals surface area contributed by atoms with Crippen LogP contribution in [-0.2, 0) is 14.8 Å². The van der Waals surface area contributed by atoms with Crippen LogP contribution < -0.4 is 9.62 Å². The summed E-state index contributed by atoms with van der Waals surface area (Å²) < 4.78 is 31.8. The van der Waals surface area contributed by atoms with Crippen LogP contribution in [0.5, 0.6) is 0 Å². The van der Waals surface area contributed by atoms with E-state index in [1.54, 1.807) is 60.0 Å². The molecule has 1 N–H and O–H groups in total. The molecule has 0 radical (unpaired) electrons. The molecule has 1 amide bonds. The molecule has 10 heteroatoms. The summed E-state index contributed by atoms with van der Waals surface area (Å²) in [5.41, 5.74) is 2.96. The van der Waals surface area contributed by atoms with Gasteiger partial charge in [0.25, 0.3) is 15.9 Å². The lowest BCUT2D eigenvalue weighted by atomic mass is 10.1. The van der Waals surface area contributed by atoms with Crippen molar-refractivity contribution >= 4 is 60.3 Å². The summed E-state index contributed by atoms with van der Waals surface area (Å²) in [7, 11) is -3.51. The van der Waals surface area contributed by atoms with E-state index in [9.17, 15) is 13.2 Å². The van der Waals surface area contributed by atoms with Gasteiger partial charge in [0.15, 0.2) is 5.94 Å². The smallest absolute Gasteiger partial charge is 0.259 e. The molecule has 1 aliphatic rings. The third-order valence-electron chi connectivity index (χ3n) is 5.28. The molecular formula is C23H18ClN3O4S2. The zero-order valence-electron chi connectivity index (χ0n) is 17.2. The van der Waals surface area contributed by atoms with Crippen LogP contribution in [0.15, 0.2) is 66.2 Å². The highest BCUT2D eigenvalue weighted by Crippen LogP contribution is 2.35. The number of ether oxygens (including phenoxy) is 1. The Kier molecular flexibility index (Phi) is 5.79. The molecule has 5 rings (SSSR count). The Hall–Kier alpha value is -2.98. The lowest BCUT2D eigenvalue weighted by molar-refractivity contribution is 0.102. The number of halogens is 1. The first-order valence-electron chi connectivity index (χ1n) is 10.0. The highest BCUT2D eigenvalue weighted by molar-refractivity contribution is 7.92. The molecule has 0 spiro atoms. The third kappa shape index (κ3) is 4.32. The number of benzene rings is 2. The Morgan fingerprint density at radius 3 is 2.73 bits per heavy atom. The Morgan fingerprint density at radius 1 is 1.12 bits per heavy atom. The second kappa shape index (κ2) is 8.75. The first-order valence-corrected chi connectivity index (χ1v) is 12.9. The number of aromatic nitrogens is 1. The fourth-order valence-corrected chi connectivity index (χ4v) is 5.92. The van der Waals surface area contributed by atoms with E-state index >= 15 is 0 Å². The molecule has 1 fully saturated rings. The van der Waals surface area contributed by atoms with Crippen LogP contribution in [0.1, 0.15) is 10.4 Å². The van der Waals surface area contributed by atoms with E-state index in [1.807, 2.05) is 17.5 Å². The minimum atomic E-state index is -3.51. The van der Waals surface area contributed by atoms with Crippen LogP contribution in [0.4, 0.5) is 11.4 Å². The Bertz CT molecular complexity index is 1450. The summed E-state index contributed by atoms with van der Waals surface area (Å²) in [6.45, 7) is 0.570. The Morgan fingerprint density at radius 2 is 1.94 bits per heavy atom. The van der Waals surface area contributed by atoms with E-state index < -0.39 is 10.0 Å². The van der Waals surface area contributed by atoms with Crippen LogP contribution >= 0.6 is 22.9 Å². The number of carbonyl (C=O) groups excluding carboxylic acids is 1. The van der Waals surface area contributed by atoms with Gasteiger partial charge in [0.05, 0.1) is 29.6 Å². The summed E-state index contributed by atoms with van der Waals surface area (Å²) in [6.07, 6.45) is 1.74. The number of thiophene rings is 1. The molecule has 0 bridgehead atoms. The van der Waals surface area contributed by atoms with Gasteiger partial charge in [-0.1, -0.05) is 11.6 Å². The molecule has 1 aliphatic heterocycles. The predicted octanol–water partition coefficient (Wildman–Crippen LogP) is 4.99. The van der Waals surface area contributed by atoms with Gasteiger partial charge in [-0.2, -0.15) is 0 Å². The van der Waals surface area contributed by atoms with Crippen LogP contribution in [0, 0.1) is 0 Å². The van der Waals surface area contributed by atoms with Crippen molar-refractivity contribution in [2.45, 2.75) is 0 Å². The summed E-state index contributed by atoms with van der Waals surface area (Å²) >= 11 is 8.08. The lowest BCUT2D eigenvalue weighted by Gasteiger charge is -2.28. The number of rotatable bonds is 4. The number of sulfonamides is 1. The summed E-state index contributed by atoms with van der Waals surface area (Å²) in [6, 6.07) is 15.6. The molecular weight excluding hydrogens is 482 g/mol. The topological polar surface area (TPSA) is 88.6 Å². The van der Waals surface area contributed by atoms with Crippen molar-refractivity contribution in [2.24, 2.45) is 0 Å². The van der Waals surface area contributed by atoms with Gasteiger partial charge in [0.2, 0.25) is 0 Å². The van der Waals surface area contributed by atoms with E-state index in [0.717, 1.165) is 21.3 Å². The summed E-state index contributed by atoms with van der Waals surface area (Å²) in [5.74, 6) is -0.663. The molecule has 7 nitrogen and oxygen atoms in total. The van der Waals surface area contributed by atoms with Gasteiger partial charge >= 0.3 is 0 Å². The van der Waals surface area contributed by atoms with E-state index in [4.69, 9.17) is 16.3 Å². The highest BCUT2D eigenvalue weighted by Gasteiger charge is 2.26. The van der Waals surface area contributed by atoms with Crippen molar-refractivity contribution in [2.75, 3.05) is 28.7 Å². The number of nitrogens with one attached hydrogen (secondary N) is 1. The maximum absolute atomic E-state index is 12.8. The first kappa shape index (κ1) is 21.8. The molecule has 2 aromatic heterocycles. The second-order valence-electron chi connectivity index (χ2n) is 7.40. The highest BCUT2D eigenvalue weighted by atomic mass is 35.5. The van der Waals surface area contributed by atoms with Crippen molar-refractivity contribution in [3.63, 3.8) is 0 Å². The maximum atomic E-state index is 12.8. The van der Waals surface area contributed by atoms with E-state index in [-0.39, 0.29) is 18.4 Å². The monoisotopic (exact) mass is 499 g/mol. The van der Waals surface area contributed by atoms with Gasteiger partial charge in [-0.25, -0.2) is 8.42 Å². The quantitative estimate of drug-likeness (QED) is 0.427. The molecule has 1 saturated heterocycles. The minimum Gasteiger partial charge on any atom is -0.362 e. The number of pyridine rings is 1. The number of amides is 1. The van der Waals surface area contributed by atoms with Crippen molar-refractivity contribution in [1.82, 2.24) is 4.98 Å². The normalized spacial score (nSPS) is 15.5. The molecule has 0 unspecified atom stereocenters. The van der Waals surface area contributed by atoms with Crippen molar-refractivity contribution in [3.8, 4) is 11.3 Å². The zero-order chi connectivity index (χ0) is 23.0. The van der Waals surface area contributed by atoms with E-state index in [0.29, 0.717) is 28.6 Å². The number of anilines is 2. The lowest BCUT2D eigenvalue weighted by Crippen LogP contribution is -2.41. The molecule has 2 aromatic carbocycles. The van der Waals surface area contributed by atoms with Crippen LogP contribution in [0.2, 0.25) is 5.02 Å². The molecule has 0 saturated carbocycles. The summed E-state index contributed by atoms with van der Waals surface area (Å²) in [4.78, 5) is 17.3. The molecule has 3 heterocycles. The zero-order valence-corrected chi connectivity index (χ0v) is 19.6. The average Bonchev–Trinajstić information content (AvgIpc) is 3.29. The Balaban J connectivity index is 1.38. The number of fused-ring (bicyclic) bond motifs is 1. The number of nitrogens with zero attached hydrogens (tertiary/aromatic N) is 2. The van der Waals surface area contributed by atoms with Gasteiger partial charge < -0.3 is 10.1 Å². The van der Waals surface area contributed by atoms with Crippen molar-refractivity contribution in [3.05, 3.63) is 76.8 Å². The van der Waals surface area contributed by atoms with Gasteiger partial charge in [0, 0.05) is 33.1 Å². The SMILES string of the molecule is O=C(Nc1ccc(Cl)c(-c2nccc3sccc23)c1)c1ccc(N2CCOCS2(=O)=O)cc1. The van der Waals surface area contributed by atoms with E-state index in [1.165, 1.54) is 4.31 Å². The van der Waals surface area contributed by atoms with Gasteiger partial charge in [-0.05, 0) is 60.0 Å². The standard InChI is InChI=1S/C23H18ClN3O4S2/c24-20-6-3-16(13-19(20)22-18-8-12-32-21(18)7-9-25-22)26-23(28)15-1-4-17(5-2-15)27-10-11-31-14-33(27,29)30/h1-9,12-13H,10-11,14H2,(H,26,28). The number of hydrogen-bond acceptors (Lipinski definition) is 6. The fraction of sp³-hybridized carbons (Fsp3) is 0.130. The van der Waals surface area contributed by atoms with Gasteiger partial charge in [0.1, 0.15) is 0 Å². The summed E-state index contributed by atoms with van der Waals surface area (Å²) in [5, 5.41) is 6.42. The predicted molar refractivity (Wildman–Crippen MR) is 132 cm³/mol. The van der Waals surface area contributed by atoms with Gasteiger partial charge in [-0.15, -0.1) is 11.3 Å². The fourth-order valence-electron chi connectivity index (χ4n) is 3.68. The number of carbonyl (C=O) groups is 1. The Labute approximate surface area is 199 Å².